The Labute approximate surface area is 166 Å². The van der Waals surface area contributed by atoms with Crippen LogP contribution in [0.15, 0.2) is 63.7 Å². The van der Waals surface area contributed by atoms with Gasteiger partial charge in [-0.15, -0.1) is 0 Å². The zero-order chi connectivity index (χ0) is 19.7. The van der Waals surface area contributed by atoms with Crippen molar-refractivity contribution in [3.63, 3.8) is 0 Å². The number of oxazole rings is 1. The van der Waals surface area contributed by atoms with Crippen LogP contribution in [-0.4, -0.2) is 28.0 Å². The molecule has 2 heterocycles. The van der Waals surface area contributed by atoms with Gasteiger partial charge in [0.2, 0.25) is 0 Å². The van der Waals surface area contributed by atoms with Gasteiger partial charge in [-0.05, 0) is 42.8 Å². The summed E-state index contributed by atoms with van der Waals surface area (Å²) in [5.74, 6) is 0.441. The lowest BCUT2D eigenvalue weighted by Crippen LogP contribution is -2.29. The minimum absolute atomic E-state index is 0.134. The maximum absolute atomic E-state index is 12.9. The van der Waals surface area contributed by atoms with E-state index in [9.17, 15) is 4.79 Å². The highest BCUT2D eigenvalue weighted by Crippen LogP contribution is 2.23. The monoisotopic (exact) mass is 395 g/mol. The van der Waals surface area contributed by atoms with Gasteiger partial charge in [-0.1, -0.05) is 28.9 Å². The molecule has 0 aliphatic heterocycles. The fraction of sp³-hybridized carbons (Fsp3) is 0.190. The summed E-state index contributed by atoms with van der Waals surface area (Å²) in [5.41, 5.74) is 3.51. The molecule has 0 spiro atoms. The molecule has 0 unspecified atom stereocenters. The number of carbonyl (C=O) groups is 1. The van der Waals surface area contributed by atoms with Crippen LogP contribution in [0.4, 0.5) is 0 Å². The molecule has 6 nitrogen and oxygen atoms in total. The number of carbonyl (C=O) groups excluding carboxylic acids is 1. The number of amides is 1. The molecule has 4 aromatic rings. The zero-order valence-corrected chi connectivity index (χ0v) is 16.2. The van der Waals surface area contributed by atoms with Crippen LogP contribution in [0, 0.1) is 0 Å². The van der Waals surface area contributed by atoms with Crippen molar-refractivity contribution in [1.82, 2.24) is 15.0 Å². The Morgan fingerprint density at radius 1 is 1.21 bits per heavy atom. The van der Waals surface area contributed by atoms with E-state index >= 15 is 0 Å². The van der Waals surface area contributed by atoms with E-state index in [1.54, 1.807) is 36.2 Å². The van der Waals surface area contributed by atoms with Crippen molar-refractivity contribution in [3.05, 3.63) is 82.5 Å². The molecule has 1 atom stereocenters. The third-order valence-electron chi connectivity index (χ3n) is 4.71. The first-order valence-electron chi connectivity index (χ1n) is 8.82. The van der Waals surface area contributed by atoms with Crippen LogP contribution in [0.2, 0.25) is 5.02 Å². The molecular weight excluding hydrogens is 378 g/mol. The van der Waals surface area contributed by atoms with E-state index in [2.05, 4.69) is 10.1 Å². The highest BCUT2D eigenvalue weighted by atomic mass is 35.5. The minimum Gasteiger partial charge on any atom is -0.440 e. The molecule has 0 aliphatic rings. The van der Waals surface area contributed by atoms with Crippen LogP contribution >= 0.6 is 11.6 Å². The minimum atomic E-state index is -0.213. The molecule has 0 aliphatic carbocycles. The summed E-state index contributed by atoms with van der Waals surface area (Å²) in [6.45, 7) is 1.89. The smallest absolute Gasteiger partial charge is 0.254 e. The van der Waals surface area contributed by atoms with Crippen molar-refractivity contribution in [2.45, 2.75) is 19.4 Å². The van der Waals surface area contributed by atoms with Crippen LogP contribution in [0.3, 0.4) is 0 Å². The van der Waals surface area contributed by atoms with Gasteiger partial charge < -0.3 is 13.8 Å². The number of fused-ring (bicyclic) bond motifs is 1. The van der Waals surface area contributed by atoms with Gasteiger partial charge in [-0.25, -0.2) is 4.98 Å². The first-order valence-corrected chi connectivity index (χ1v) is 9.20. The quantitative estimate of drug-likeness (QED) is 0.481. The summed E-state index contributed by atoms with van der Waals surface area (Å²) in [6, 6.07) is 14.4. The number of nitrogens with zero attached hydrogens (tertiary/aromatic N) is 3. The highest BCUT2D eigenvalue weighted by Gasteiger charge is 2.21. The van der Waals surface area contributed by atoms with Crippen molar-refractivity contribution in [3.8, 4) is 0 Å². The molecule has 4 rings (SSSR count). The van der Waals surface area contributed by atoms with Crippen molar-refractivity contribution in [1.29, 1.82) is 0 Å². The van der Waals surface area contributed by atoms with Crippen molar-refractivity contribution >= 4 is 28.6 Å². The Morgan fingerprint density at radius 2 is 2.07 bits per heavy atom. The highest BCUT2D eigenvalue weighted by molar-refractivity contribution is 6.30. The second-order valence-electron chi connectivity index (χ2n) is 6.61. The average molecular weight is 396 g/mol. The van der Waals surface area contributed by atoms with Crippen LogP contribution < -0.4 is 0 Å². The molecule has 28 heavy (non-hydrogen) atoms. The largest absolute Gasteiger partial charge is 0.440 e. The molecule has 0 bridgehead atoms. The van der Waals surface area contributed by atoms with Crippen molar-refractivity contribution in [2.24, 2.45) is 0 Å². The van der Waals surface area contributed by atoms with Gasteiger partial charge >= 0.3 is 0 Å². The van der Waals surface area contributed by atoms with E-state index in [4.69, 9.17) is 20.5 Å². The first-order chi connectivity index (χ1) is 13.5. The second-order valence-corrected chi connectivity index (χ2v) is 7.05. The summed E-state index contributed by atoms with van der Waals surface area (Å²) in [4.78, 5) is 19.0. The predicted molar refractivity (Wildman–Crippen MR) is 105 cm³/mol. The zero-order valence-electron chi connectivity index (χ0n) is 15.4. The van der Waals surface area contributed by atoms with Gasteiger partial charge in [0, 0.05) is 30.1 Å². The maximum Gasteiger partial charge on any atom is 0.254 e. The van der Waals surface area contributed by atoms with Crippen LogP contribution in [-0.2, 0) is 6.42 Å². The van der Waals surface area contributed by atoms with E-state index in [0.29, 0.717) is 39.7 Å². The third-order valence-corrected chi connectivity index (χ3v) is 4.95. The van der Waals surface area contributed by atoms with E-state index < -0.39 is 0 Å². The number of aromatic nitrogens is 2. The molecule has 0 N–H and O–H groups in total. The Bertz CT molecular complexity index is 1120. The normalized spacial score (nSPS) is 12.2. The third kappa shape index (κ3) is 3.64. The van der Waals surface area contributed by atoms with Gasteiger partial charge in [0.25, 0.3) is 5.91 Å². The molecule has 0 fully saturated rings. The van der Waals surface area contributed by atoms with Crippen molar-refractivity contribution < 1.29 is 13.7 Å². The summed E-state index contributed by atoms with van der Waals surface area (Å²) in [7, 11) is 1.73. The number of hydrogen-bond donors (Lipinski definition) is 0. The number of halogens is 1. The fourth-order valence-electron chi connectivity index (χ4n) is 3.02. The lowest BCUT2D eigenvalue weighted by molar-refractivity contribution is 0.0737. The van der Waals surface area contributed by atoms with Crippen LogP contribution in [0.5, 0.6) is 0 Å². The van der Waals surface area contributed by atoms with Gasteiger partial charge in [0.15, 0.2) is 11.5 Å². The summed E-state index contributed by atoms with van der Waals surface area (Å²) >= 11 is 6.03. The van der Waals surface area contributed by atoms with Gasteiger partial charge in [0.1, 0.15) is 17.5 Å². The number of benzene rings is 2. The van der Waals surface area contributed by atoms with Crippen molar-refractivity contribution in [2.75, 3.05) is 7.05 Å². The van der Waals surface area contributed by atoms with Gasteiger partial charge in [-0.2, -0.15) is 0 Å². The van der Waals surface area contributed by atoms with E-state index in [-0.39, 0.29) is 11.9 Å². The molecule has 2 aromatic carbocycles. The SMILES string of the molecule is C[C@@H](c1ccon1)N(C)C(=O)c1ccc2nc(Cc3cccc(Cl)c3)oc2c1. The van der Waals surface area contributed by atoms with E-state index in [0.717, 1.165) is 5.56 Å². The predicted octanol–water partition coefficient (Wildman–Crippen LogP) is 4.89. The molecule has 0 saturated heterocycles. The maximum atomic E-state index is 12.9. The fourth-order valence-corrected chi connectivity index (χ4v) is 3.23. The molecule has 142 valence electrons. The second kappa shape index (κ2) is 7.48. The molecule has 0 radical (unpaired) electrons. The molecule has 2 aromatic heterocycles. The lowest BCUT2D eigenvalue weighted by Gasteiger charge is -2.23. The molecule has 1 amide bonds. The Hall–Kier alpha value is -3.12. The van der Waals surface area contributed by atoms with E-state index in [1.807, 2.05) is 31.2 Å². The lowest BCUT2D eigenvalue weighted by atomic mass is 10.1. The molecule has 7 heteroatoms. The standard InChI is InChI=1S/C21H18ClN3O3/c1-13(17-8-9-27-24-17)25(2)21(26)15-6-7-18-19(12-15)28-20(23-18)11-14-4-3-5-16(22)10-14/h3-10,12-13H,11H2,1-2H3/t13-/m0/s1. The Balaban J connectivity index is 1.56. The van der Waals surface area contributed by atoms with Crippen LogP contribution in [0.1, 0.15) is 40.5 Å². The number of rotatable bonds is 5. The Morgan fingerprint density at radius 3 is 2.82 bits per heavy atom. The van der Waals surface area contributed by atoms with Crippen LogP contribution in [0.25, 0.3) is 11.1 Å². The summed E-state index contributed by atoms with van der Waals surface area (Å²) in [5, 5.41) is 4.58. The molecule has 0 saturated carbocycles. The van der Waals surface area contributed by atoms with Gasteiger partial charge in [0.05, 0.1) is 6.04 Å². The number of hydrogen-bond acceptors (Lipinski definition) is 5. The summed E-state index contributed by atoms with van der Waals surface area (Å²) in [6.07, 6.45) is 2.02. The topological polar surface area (TPSA) is 72.4 Å². The molecular formula is C21H18ClN3O3. The summed E-state index contributed by atoms with van der Waals surface area (Å²) < 4.78 is 10.7. The average Bonchev–Trinajstić information content (AvgIpc) is 3.35. The Kier molecular flexibility index (Phi) is 4.88. The van der Waals surface area contributed by atoms with E-state index in [1.165, 1.54) is 6.26 Å². The first kappa shape index (κ1) is 18.3. The van der Waals surface area contributed by atoms with Gasteiger partial charge in [-0.3, -0.25) is 4.79 Å².